The van der Waals surface area contributed by atoms with Crippen LogP contribution in [0.15, 0.2) is 42.5 Å². The van der Waals surface area contributed by atoms with Crippen LogP contribution in [0.25, 0.3) is 0 Å². The second-order valence-electron chi connectivity index (χ2n) is 8.08. The summed E-state index contributed by atoms with van der Waals surface area (Å²) in [4.78, 5) is 14.9. The molecule has 0 saturated carbocycles. The summed E-state index contributed by atoms with van der Waals surface area (Å²) in [6.07, 6.45) is 1.47. The summed E-state index contributed by atoms with van der Waals surface area (Å²) in [5.41, 5.74) is 0.668. The number of carbonyl (C=O) groups excluding carboxylic acids is 1. The van der Waals surface area contributed by atoms with Crippen molar-refractivity contribution in [2.24, 2.45) is 0 Å². The Morgan fingerprint density at radius 1 is 1.09 bits per heavy atom. The van der Waals surface area contributed by atoms with Crippen LogP contribution in [0.3, 0.4) is 0 Å². The lowest BCUT2D eigenvalue weighted by Crippen LogP contribution is -2.47. The molecular weight excluding hydrogens is 415 g/mol. The van der Waals surface area contributed by atoms with E-state index in [1.807, 2.05) is 0 Å². The van der Waals surface area contributed by atoms with Crippen molar-refractivity contribution < 1.29 is 28.5 Å². The summed E-state index contributed by atoms with van der Waals surface area (Å²) in [6.45, 7) is 3.59. The van der Waals surface area contributed by atoms with Gasteiger partial charge in [-0.25, -0.2) is 4.39 Å². The highest BCUT2D eigenvalue weighted by Crippen LogP contribution is 2.33. The van der Waals surface area contributed by atoms with Gasteiger partial charge in [0.05, 0.1) is 19.1 Å². The van der Waals surface area contributed by atoms with Crippen molar-refractivity contribution in [1.82, 2.24) is 10.2 Å². The SMILES string of the molecule is O=C(CCOc1ccc(F)cc1)NC(CN1CCCC1)[C@H](O)c1ccc2c(c1)OCCO2. The molecule has 1 amide bonds. The first-order valence-electron chi connectivity index (χ1n) is 11.1. The fourth-order valence-electron chi connectivity index (χ4n) is 4.02. The van der Waals surface area contributed by atoms with Gasteiger partial charge in [-0.15, -0.1) is 0 Å². The molecule has 2 atom stereocenters. The van der Waals surface area contributed by atoms with E-state index >= 15 is 0 Å². The molecule has 2 aromatic carbocycles. The molecule has 2 aromatic rings. The Morgan fingerprint density at radius 3 is 2.56 bits per heavy atom. The molecule has 172 valence electrons. The summed E-state index contributed by atoms with van der Waals surface area (Å²) in [6, 6.07) is 10.6. The lowest BCUT2D eigenvalue weighted by molar-refractivity contribution is -0.123. The number of carbonyl (C=O) groups is 1. The third kappa shape index (κ3) is 5.89. The molecule has 2 aliphatic rings. The van der Waals surface area contributed by atoms with Crippen LogP contribution in [0.1, 0.15) is 30.9 Å². The third-order valence-electron chi connectivity index (χ3n) is 5.70. The number of nitrogens with one attached hydrogen (secondary N) is 1. The van der Waals surface area contributed by atoms with Gasteiger partial charge in [-0.2, -0.15) is 0 Å². The van der Waals surface area contributed by atoms with Gasteiger partial charge < -0.3 is 29.5 Å². The van der Waals surface area contributed by atoms with Crippen molar-refractivity contribution in [3.05, 3.63) is 53.8 Å². The van der Waals surface area contributed by atoms with Crippen molar-refractivity contribution in [3.63, 3.8) is 0 Å². The Hall–Kier alpha value is -2.84. The van der Waals surface area contributed by atoms with Crippen LogP contribution in [0.4, 0.5) is 4.39 Å². The number of aliphatic hydroxyl groups excluding tert-OH is 1. The highest BCUT2D eigenvalue weighted by Gasteiger charge is 2.27. The largest absolute Gasteiger partial charge is 0.493 e. The van der Waals surface area contributed by atoms with E-state index in [9.17, 15) is 14.3 Å². The fraction of sp³-hybridized carbons (Fsp3) is 0.458. The van der Waals surface area contributed by atoms with Gasteiger partial charge in [0.2, 0.25) is 5.91 Å². The number of hydrogen-bond donors (Lipinski definition) is 2. The number of likely N-dealkylation sites (tertiary alicyclic amines) is 1. The molecule has 0 spiro atoms. The molecule has 0 aromatic heterocycles. The lowest BCUT2D eigenvalue weighted by Gasteiger charge is -2.29. The standard InChI is InChI=1S/C24H29FN2O5/c25-18-4-6-19(7-5-18)30-12-9-23(28)26-20(16-27-10-1-2-11-27)24(29)17-3-8-21-22(15-17)32-14-13-31-21/h3-8,15,20,24,29H,1-2,9-14,16H2,(H,26,28)/t20?,24-/m1/s1. The molecule has 2 heterocycles. The predicted octanol–water partition coefficient (Wildman–Crippen LogP) is 2.68. The number of ether oxygens (including phenoxy) is 3. The summed E-state index contributed by atoms with van der Waals surface area (Å²) >= 11 is 0. The molecule has 0 aliphatic carbocycles. The fourth-order valence-corrected chi connectivity index (χ4v) is 4.02. The zero-order valence-electron chi connectivity index (χ0n) is 18.0. The van der Waals surface area contributed by atoms with E-state index in [4.69, 9.17) is 14.2 Å². The molecule has 4 rings (SSSR count). The smallest absolute Gasteiger partial charge is 0.223 e. The van der Waals surface area contributed by atoms with Crippen LogP contribution in [-0.4, -0.2) is 61.4 Å². The Kier molecular flexibility index (Phi) is 7.44. The first-order valence-corrected chi connectivity index (χ1v) is 11.1. The van der Waals surface area contributed by atoms with Crippen molar-refractivity contribution in [2.45, 2.75) is 31.4 Å². The Balaban J connectivity index is 1.38. The molecular formula is C24H29FN2O5. The molecule has 7 nitrogen and oxygen atoms in total. The van der Waals surface area contributed by atoms with E-state index in [1.165, 1.54) is 24.3 Å². The number of nitrogens with zero attached hydrogens (tertiary/aromatic N) is 1. The molecule has 0 bridgehead atoms. The van der Waals surface area contributed by atoms with Crippen LogP contribution >= 0.6 is 0 Å². The zero-order chi connectivity index (χ0) is 22.3. The number of halogens is 1. The highest BCUT2D eigenvalue weighted by atomic mass is 19.1. The first kappa shape index (κ1) is 22.4. The number of benzene rings is 2. The van der Waals surface area contributed by atoms with E-state index in [-0.39, 0.29) is 24.8 Å². The van der Waals surface area contributed by atoms with Gasteiger partial charge in [-0.05, 0) is 67.9 Å². The quantitative estimate of drug-likeness (QED) is 0.619. The minimum absolute atomic E-state index is 0.127. The summed E-state index contributed by atoms with van der Waals surface area (Å²) in [5.74, 6) is 1.21. The highest BCUT2D eigenvalue weighted by molar-refractivity contribution is 5.76. The molecule has 1 fully saturated rings. The average molecular weight is 445 g/mol. The normalized spacial score (nSPS) is 17.6. The maximum Gasteiger partial charge on any atom is 0.223 e. The Morgan fingerprint density at radius 2 is 1.81 bits per heavy atom. The maximum absolute atomic E-state index is 13.0. The molecule has 8 heteroatoms. The van der Waals surface area contributed by atoms with E-state index in [1.54, 1.807) is 18.2 Å². The van der Waals surface area contributed by atoms with Crippen molar-refractivity contribution in [1.29, 1.82) is 0 Å². The van der Waals surface area contributed by atoms with Crippen LogP contribution in [-0.2, 0) is 4.79 Å². The summed E-state index contributed by atoms with van der Waals surface area (Å²) in [7, 11) is 0. The lowest BCUT2D eigenvalue weighted by atomic mass is 10.0. The van der Waals surface area contributed by atoms with Gasteiger partial charge in [-0.3, -0.25) is 4.79 Å². The third-order valence-corrected chi connectivity index (χ3v) is 5.70. The topological polar surface area (TPSA) is 80.3 Å². The molecule has 2 N–H and O–H groups in total. The van der Waals surface area contributed by atoms with Gasteiger partial charge in [0.15, 0.2) is 11.5 Å². The van der Waals surface area contributed by atoms with Crippen LogP contribution in [0.2, 0.25) is 0 Å². The van der Waals surface area contributed by atoms with E-state index < -0.39 is 12.1 Å². The minimum Gasteiger partial charge on any atom is -0.493 e. The monoisotopic (exact) mass is 444 g/mol. The van der Waals surface area contributed by atoms with Gasteiger partial charge >= 0.3 is 0 Å². The summed E-state index contributed by atoms with van der Waals surface area (Å²) in [5, 5.41) is 14.1. The molecule has 0 radical (unpaired) electrons. The van der Waals surface area contributed by atoms with Crippen molar-refractivity contribution in [2.75, 3.05) is 39.5 Å². The van der Waals surface area contributed by atoms with Crippen LogP contribution in [0.5, 0.6) is 17.2 Å². The first-order chi connectivity index (χ1) is 15.6. The van der Waals surface area contributed by atoms with E-state index in [0.717, 1.165) is 25.9 Å². The number of rotatable bonds is 9. The molecule has 1 unspecified atom stereocenters. The number of aliphatic hydroxyl groups is 1. The van der Waals surface area contributed by atoms with Crippen LogP contribution in [0, 0.1) is 5.82 Å². The van der Waals surface area contributed by atoms with Crippen molar-refractivity contribution >= 4 is 5.91 Å². The molecule has 1 saturated heterocycles. The Labute approximate surface area is 187 Å². The number of hydrogen-bond acceptors (Lipinski definition) is 6. The second-order valence-corrected chi connectivity index (χ2v) is 8.08. The van der Waals surface area contributed by atoms with Crippen molar-refractivity contribution in [3.8, 4) is 17.2 Å². The second kappa shape index (κ2) is 10.7. The van der Waals surface area contributed by atoms with Crippen LogP contribution < -0.4 is 19.5 Å². The van der Waals surface area contributed by atoms with Gasteiger partial charge in [0, 0.05) is 6.54 Å². The van der Waals surface area contributed by atoms with Gasteiger partial charge in [-0.1, -0.05) is 6.07 Å². The molecule has 2 aliphatic heterocycles. The average Bonchev–Trinajstić information content (AvgIpc) is 3.32. The van der Waals surface area contributed by atoms with Gasteiger partial charge in [0.1, 0.15) is 30.9 Å². The van der Waals surface area contributed by atoms with Gasteiger partial charge in [0.25, 0.3) is 0 Å². The molecule has 32 heavy (non-hydrogen) atoms. The van der Waals surface area contributed by atoms with E-state index in [2.05, 4.69) is 10.2 Å². The zero-order valence-corrected chi connectivity index (χ0v) is 18.0. The number of amides is 1. The maximum atomic E-state index is 13.0. The van der Waals surface area contributed by atoms with E-state index in [0.29, 0.717) is 42.6 Å². The Bertz CT molecular complexity index is 902. The number of fused-ring (bicyclic) bond motifs is 1. The predicted molar refractivity (Wildman–Crippen MR) is 117 cm³/mol. The minimum atomic E-state index is -0.895. The summed E-state index contributed by atoms with van der Waals surface area (Å²) < 4.78 is 29.7.